The van der Waals surface area contributed by atoms with Gasteiger partial charge in [0.15, 0.2) is 0 Å². The van der Waals surface area contributed by atoms with Crippen LogP contribution < -0.4 is 0 Å². The van der Waals surface area contributed by atoms with Crippen LogP contribution in [0.15, 0.2) is 36.0 Å². The van der Waals surface area contributed by atoms with E-state index in [9.17, 15) is 4.79 Å². The fourth-order valence-corrected chi connectivity index (χ4v) is 1.20. The van der Waals surface area contributed by atoms with Crippen LogP contribution in [0.2, 0.25) is 0 Å². The first kappa shape index (κ1) is 14.0. The Bertz CT molecular complexity index is 475. The number of carbonyl (C=O) groups excluding carboxylic acids is 1. The molecule has 0 spiro atoms. The molecule has 1 aromatic rings. The Morgan fingerprint density at radius 1 is 1.33 bits per heavy atom. The average Bonchev–Trinajstić information content (AvgIpc) is 2.33. The number of rotatable bonds is 3. The molecular weight excluding hydrogens is 226 g/mol. The molecule has 0 aliphatic carbocycles. The summed E-state index contributed by atoms with van der Waals surface area (Å²) in [4.78, 5) is 14.9. The molecule has 1 rings (SSSR count). The number of ether oxygens (including phenoxy) is 1. The van der Waals surface area contributed by atoms with E-state index in [0.29, 0.717) is 6.61 Å². The van der Waals surface area contributed by atoms with Crippen molar-refractivity contribution in [3.63, 3.8) is 0 Å². The number of hydrogen-bond donors (Lipinski definition) is 0. The molecule has 18 heavy (non-hydrogen) atoms. The van der Waals surface area contributed by atoms with E-state index in [1.54, 1.807) is 0 Å². The van der Waals surface area contributed by atoms with Crippen molar-refractivity contribution in [1.29, 1.82) is 0 Å². The van der Waals surface area contributed by atoms with Crippen LogP contribution in [-0.2, 0) is 9.53 Å². The lowest BCUT2D eigenvalue weighted by Crippen LogP contribution is -2.18. The van der Waals surface area contributed by atoms with Crippen LogP contribution >= 0.6 is 0 Å². The molecule has 0 heterocycles. The lowest BCUT2D eigenvalue weighted by Gasteiger charge is -2.17. The third-order valence-corrected chi connectivity index (χ3v) is 2.07. The zero-order valence-corrected chi connectivity index (χ0v) is 10.9. The molecule has 0 unspecified atom stereocenters. The quantitative estimate of drug-likeness (QED) is 0.462. The predicted octanol–water partition coefficient (Wildman–Crippen LogP) is 3.54. The number of nitrogens with zero attached hydrogens (tertiary/aromatic N) is 1. The molecule has 0 radical (unpaired) electrons. The van der Waals surface area contributed by atoms with Crippen LogP contribution in [0, 0.1) is 12.0 Å². The molecule has 3 heteroatoms. The minimum Gasteiger partial charge on any atom is -0.470 e. The summed E-state index contributed by atoms with van der Waals surface area (Å²) >= 11 is 0. The molecule has 0 saturated heterocycles. The Labute approximate surface area is 108 Å². The van der Waals surface area contributed by atoms with Crippen molar-refractivity contribution in [2.75, 3.05) is 6.61 Å². The summed E-state index contributed by atoms with van der Waals surface area (Å²) in [6.45, 7) is 13.2. The predicted molar refractivity (Wildman–Crippen MR) is 71.4 cm³/mol. The summed E-state index contributed by atoms with van der Waals surface area (Å²) in [6.07, 6.45) is 1.54. The summed E-state index contributed by atoms with van der Waals surface area (Å²) in [5.41, 5.74) is 0.719. The van der Waals surface area contributed by atoms with Crippen molar-refractivity contribution < 1.29 is 9.53 Å². The van der Waals surface area contributed by atoms with Gasteiger partial charge < -0.3 is 4.74 Å². The first-order valence-electron chi connectivity index (χ1n) is 5.74. The van der Waals surface area contributed by atoms with Gasteiger partial charge in [-0.3, -0.25) is 4.79 Å². The summed E-state index contributed by atoms with van der Waals surface area (Å²) in [5, 5.41) is 0. The van der Waals surface area contributed by atoms with Gasteiger partial charge in [0.05, 0.1) is 13.2 Å². The van der Waals surface area contributed by atoms with Gasteiger partial charge in [-0.15, -0.1) is 0 Å². The topological polar surface area (TPSA) is 30.7 Å². The van der Waals surface area contributed by atoms with Gasteiger partial charge >= 0.3 is 5.97 Å². The zero-order valence-electron chi connectivity index (χ0n) is 10.9. The highest BCUT2D eigenvalue weighted by molar-refractivity contribution is 5.95. The van der Waals surface area contributed by atoms with Crippen LogP contribution in [0.5, 0.6) is 0 Å². The third kappa shape index (κ3) is 4.84. The molecule has 94 valence electrons. The van der Waals surface area contributed by atoms with Crippen molar-refractivity contribution in [3.8, 4) is 0 Å². The highest BCUT2D eigenvalue weighted by Gasteiger charge is 2.17. The first-order chi connectivity index (χ1) is 8.42. The minimum atomic E-state index is -0.566. The first-order valence-corrected chi connectivity index (χ1v) is 5.74. The van der Waals surface area contributed by atoms with Crippen molar-refractivity contribution in [2.24, 2.45) is 5.41 Å². The van der Waals surface area contributed by atoms with Crippen LogP contribution in [0.1, 0.15) is 26.3 Å². The van der Waals surface area contributed by atoms with Crippen molar-refractivity contribution in [3.05, 3.63) is 53.0 Å². The molecule has 0 saturated carbocycles. The maximum absolute atomic E-state index is 11.7. The Kier molecular flexibility index (Phi) is 4.67. The van der Waals surface area contributed by atoms with Gasteiger partial charge in [0.2, 0.25) is 0 Å². The minimum absolute atomic E-state index is 0.00505. The van der Waals surface area contributed by atoms with Crippen LogP contribution in [0.25, 0.3) is 10.9 Å². The second-order valence-corrected chi connectivity index (χ2v) is 5.19. The third-order valence-electron chi connectivity index (χ3n) is 2.07. The highest BCUT2D eigenvalue weighted by Crippen LogP contribution is 2.15. The molecule has 0 N–H and O–H groups in total. The number of esters is 1. The van der Waals surface area contributed by atoms with E-state index >= 15 is 0 Å². The van der Waals surface area contributed by atoms with E-state index < -0.39 is 5.97 Å². The number of carbonyl (C=O) groups is 1. The van der Waals surface area contributed by atoms with E-state index in [-0.39, 0.29) is 11.1 Å². The fourth-order valence-electron chi connectivity index (χ4n) is 1.20. The van der Waals surface area contributed by atoms with Crippen LogP contribution in [0.3, 0.4) is 0 Å². The Morgan fingerprint density at radius 3 is 2.44 bits per heavy atom. The van der Waals surface area contributed by atoms with E-state index in [1.165, 1.54) is 6.08 Å². The molecule has 0 atom stereocenters. The summed E-state index contributed by atoms with van der Waals surface area (Å²) in [5.74, 6) is -0.566. The lowest BCUT2D eigenvalue weighted by molar-refractivity contribution is -0.141. The molecule has 3 nitrogen and oxygen atoms in total. The molecule has 0 aliphatic rings. The maximum atomic E-state index is 11.7. The van der Waals surface area contributed by atoms with E-state index in [1.807, 2.05) is 51.1 Å². The Hall–Kier alpha value is -2.08. The molecule has 1 aromatic carbocycles. The largest absolute Gasteiger partial charge is 0.470 e. The van der Waals surface area contributed by atoms with E-state index in [4.69, 9.17) is 11.3 Å². The van der Waals surface area contributed by atoms with Gasteiger partial charge in [0.25, 0.3) is 5.70 Å². The van der Waals surface area contributed by atoms with E-state index in [2.05, 4.69) is 4.85 Å². The number of benzene rings is 1. The lowest BCUT2D eigenvalue weighted by atomic mass is 9.99. The van der Waals surface area contributed by atoms with Crippen molar-refractivity contribution in [2.45, 2.75) is 20.8 Å². The van der Waals surface area contributed by atoms with Gasteiger partial charge in [0.1, 0.15) is 0 Å². The second-order valence-electron chi connectivity index (χ2n) is 5.19. The molecule has 0 aliphatic heterocycles. The van der Waals surface area contributed by atoms with Gasteiger partial charge in [0, 0.05) is 0 Å². The molecule has 0 bridgehead atoms. The molecular formula is C15H17NO2. The fraction of sp³-hybridized carbons (Fsp3) is 0.333. The van der Waals surface area contributed by atoms with Crippen molar-refractivity contribution in [1.82, 2.24) is 0 Å². The van der Waals surface area contributed by atoms with Crippen LogP contribution in [-0.4, -0.2) is 12.6 Å². The Balaban J connectivity index is 2.76. The van der Waals surface area contributed by atoms with Gasteiger partial charge in [-0.05, 0) is 17.1 Å². The van der Waals surface area contributed by atoms with Gasteiger partial charge in [-0.1, -0.05) is 51.1 Å². The van der Waals surface area contributed by atoms with Crippen LogP contribution in [0.4, 0.5) is 0 Å². The summed E-state index contributed by atoms with van der Waals surface area (Å²) in [7, 11) is 0. The summed E-state index contributed by atoms with van der Waals surface area (Å²) in [6, 6.07) is 9.26. The normalized spacial score (nSPS) is 11.8. The van der Waals surface area contributed by atoms with Gasteiger partial charge in [-0.25, -0.2) is 4.85 Å². The molecule has 0 amide bonds. The molecule has 0 aromatic heterocycles. The zero-order chi connectivity index (χ0) is 13.6. The summed E-state index contributed by atoms with van der Waals surface area (Å²) < 4.78 is 5.11. The smallest absolute Gasteiger partial charge is 0.336 e. The SMILES string of the molecule is [C-]#[N+]/C(=C/c1ccccc1)C(=O)OCC(C)(C)C. The highest BCUT2D eigenvalue weighted by atomic mass is 16.5. The van der Waals surface area contributed by atoms with Gasteiger partial charge in [-0.2, -0.15) is 0 Å². The average molecular weight is 243 g/mol. The van der Waals surface area contributed by atoms with E-state index in [0.717, 1.165) is 5.56 Å². The Morgan fingerprint density at radius 2 is 1.94 bits per heavy atom. The standard InChI is InChI=1S/C15H17NO2/c1-15(2,3)11-18-14(17)13(16-4)10-12-8-6-5-7-9-12/h5-10H,11H2,1-3H3/b13-10+. The number of hydrogen-bond acceptors (Lipinski definition) is 2. The monoisotopic (exact) mass is 243 g/mol. The molecule has 0 fully saturated rings. The second kappa shape index (κ2) is 6.02. The maximum Gasteiger partial charge on any atom is 0.336 e. The van der Waals surface area contributed by atoms with Crippen molar-refractivity contribution >= 4 is 12.0 Å².